The number of hydrogen-bond donors (Lipinski definition) is 11. The molecule has 0 saturated carbocycles. The molecule has 2 saturated heterocycles. The van der Waals surface area contributed by atoms with Crippen molar-refractivity contribution in [2.45, 2.75) is 121 Å². The maximum atomic E-state index is 14.1. The van der Waals surface area contributed by atoms with E-state index in [2.05, 4.69) is 42.2 Å². The highest BCUT2D eigenvalue weighted by atomic mass is 16.4. The standard InChI is InChI=1S/C41H55N9O14/c1-20(2)34-41(64)50-16-6-9-29(50)40(63)47-26(11-14-32(54)55)37(60)44-21(3)35(58)46-27(12-15-33(56)57)38(61)48-28(17-22-18-42-24-8-5-4-7-23(22)24)36(59)43-19-30(51)45-25(39(62)49-34)10-13-31(52)53/h4-5,7-8,18,20-21,25-29,34,42H,6,9-17,19H2,1-3H3,(H,43,59)(H,44,60)(H,45,51)(H,46,58)(H,47,63)(H,48,61)(H,49,62)(H,52,53)(H,54,55)(H,56,57)/t21-,25-,26-,27-,28-,29-,34-/m0/s1. The summed E-state index contributed by atoms with van der Waals surface area (Å²) in [6.45, 7) is 3.70. The minimum Gasteiger partial charge on any atom is -0.481 e. The number of aliphatic carboxylic acids is 3. The molecular weight excluding hydrogens is 842 g/mol. The Kier molecular flexibility index (Phi) is 17.7. The number of carbonyl (C=O) groups is 11. The molecule has 348 valence electrons. The first-order valence-electron chi connectivity index (χ1n) is 20.8. The molecule has 0 bridgehead atoms. The molecule has 0 spiro atoms. The van der Waals surface area contributed by atoms with Crippen LogP contribution in [-0.2, 0) is 59.2 Å². The number of carboxylic acids is 3. The van der Waals surface area contributed by atoms with E-state index in [1.54, 1.807) is 44.3 Å². The largest absolute Gasteiger partial charge is 0.481 e. The van der Waals surface area contributed by atoms with Crippen LogP contribution in [-0.4, -0.2) is 146 Å². The van der Waals surface area contributed by atoms with Crippen LogP contribution in [0.5, 0.6) is 0 Å². The minimum absolute atomic E-state index is 0.0516. The smallest absolute Gasteiger partial charge is 0.303 e. The molecule has 2 aliphatic rings. The van der Waals surface area contributed by atoms with Gasteiger partial charge in [0.15, 0.2) is 0 Å². The zero-order valence-corrected chi connectivity index (χ0v) is 35.6. The van der Waals surface area contributed by atoms with Crippen LogP contribution in [0.2, 0.25) is 0 Å². The van der Waals surface area contributed by atoms with E-state index in [-0.39, 0.29) is 19.4 Å². The summed E-state index contributed by atoms with van der Waals surface area (Å²) in [7, 11) is 0. The molecule has 1 aromatic carbocycles. The summed E-state index contributed by atoms with van der Waals surface area (Å²) in [5.74, 6) is -11.9. The average Bonchev–Trinajstić information content (AvgIpc) is 3.90. The van der Waals surface area contributed by atoms with E-state index in [9.17, 15) is 68.1 Å². The van der Waals surface area contributed by atoms with Crippen LogP contribution >= 0.6 is 0 Å². The molecule has 23 nitrogen and oxygen atoms in total. The van der Waals surface area contributed by atoms with Gasteiger partial charge in [0, 0.05) is 49.3 Å². The number of rotatable bonds is 12. The van der Waals surface area contributed by atoms with Crippen LogP contribution in [0.25, 0.3) is 10.9 Å². The number of nitrogens with one attached hydrogen (secondary N) is 8. The number of carbonyl (C=O) groups excluding carboxylic acids is 8. The molecule has 2 aromatic rings. The van der Waals surface area contributed by atoms with Gasteiger partial charge in [-0.3, -0.25) is 52.7 Å². The van der Waals surface area contributed by atoms with Gasteiger partial charge in [-0.2, -0.15) is 0 Å². The third kappa shape index (κ3) is 14.0. The molecule has 8 amide bonds. The van der Waals surface area contributed by atoms with Gasteiger partial charge < -0.3 is 62.4 Å². The Hall–Kier alpha value is -7.07. The number of aromatic amines is 1. The monoisotopic (exact) mass is 897 g/mol. The van der Waals surface area contributed by atoms with Gasteiger partial charge >= 0.3 is 17.9 Å². The van der Waals surface area contributed by atoms with E-state index in [0.717, 1.165) is 0 Å². The van der Waals surface area contributed by atoms with Gasteiger partial charge in [-0.15, -0.1) is 0 Å². The van der Waals surface area contributed by atoms with Gasteiger partial charge in [0.05, 0.1) is 6.54 Å². The summed E-state index contributed by atoms with van der Waals surface area (Å²) in [4.78, 5) is 149. The molecule has 1 aromatic heterocycles. The second-order valence-corrected chi connectivity index (χ2v) is 16.0. The van der Waals surface area contributed by atoms with Crippen LogP contribution < -0.4 is 37.2 Å². The number of nitrogens with zero attached hydrogens (tertiary/aromatic N) is 1. The van der Waals surface area contributed by atoms with Crippen molar-refractivity contribution >= 4 is 76.1 Å². The molecule has 2 fully saturated rings. The maximum absolute atomic E-state index is 14.1. The molecule has 2 aliphatic heterocycles. The van der Waals surface area contributed by atoms with Gasteiger partial charge in [0.25, 0.3) is 0 Å². The normalized spacial score (nSPS) is 24.9. The number of hydrogen-bond acceptors (Lipinski definition) is 11. The summed E-state index contributed by atoms with van der Waals surface area (Å²) in [5, 5.41) is 46.1. The molecule has 7 atom stereocenters. The van der Waals surface area contributed by atoms with Gasteiger partial charge in [0.2, 0.25) is 47.3 Å². The third-order valence-corrected chi connectivity index (χ3v) is 10.8. The van der Waals surface area contributed by atoms with Crippen LogP contribution in [0.1, 0.15) is 77.7 Å². The Morgan fingerprint density at radius 2 is 1.20 bits per heavy atom. The lowest BCUT2D eigenvalue weighted by atomic mass is 10.0. The second-order valence-electron chi connectivity index (χ2n) is 16.0. The molecular formula is C41H55N9O14. The Bertz CT molecular complexity index is 2120. The predicted octanol–water partition coefficient (Wildman–Crippen LogP) is -1.99. The van der Waals surface area contributed by atoms with Gasteiger partial charge in [-0.1, -0.05) is 32.0 Å². The minimum atomic E-state index is -1.60. The number of H-pyrrole nitrogens is 1. The van der Waals surface area contributed by atoms with Gasteiger partial charge in [-0.25, -0.2) is 0 Å². The number of aromatic nitrogens is 1. The summed E-state index contributed by atoms with van der Waals surface area (Å²) in [5.41, 5.74) is 1.23. The Morgan fingerprint density at radius 3 is 1.80 bits per heavy atom. The first-order chi connectivity index (χ1) is 30.2. The highest BCUT2D eigenvalue weighted by molar-refractivity contribution is 5.99. The van der Waals surface area contributed by atoms with Crippen LogP contribution in [0.3, 0.4) is 0 Å². The zero-order valence-electron chi connectivity index (χ0n) is 35.6. The molecule has 3 heterocycles. The third-order valence-electron chi connectivity index (χ3n) is 10.8. The predicted molar refractivity (Wildman–Crippen MR) is 222 cm³/mol. The summed E-state index contributed by atoms with van der Waals surface area (Å²) in [6, 6.07) is -3.07. The van der Waals surface area contributed by atoms with Crippen molar-refractivity contribution in [1.29, 1.82) is 0 Å². The van der Waals surface area contributed by atoms with Crippen molar-refractivity contribution in [2.75, 3.05) is 13.1 Å². The summed E-state index contributed by atoms with van der Waals surface area (Å²) in [6.07, 6.45) is -1.33. The van der Waals surface area contributed by atoms with E-state index in [4.69, 9.17) is 0 Å². The van der Waals surface area contributed by atoms with E-state index in [1.165, 1.54) is 11.8 Å². The summed E-state index contributed by atoms with van der Waals surface area (Å²) >= 11 is 0. The molecule has 11 N–H and O–H groups in total. The van der Waals surface area contributed by atoms with E-state index in [0.29, 0.717) is 22.9 Å². The number of carboxylic acid groups (broad SMARTS) is 3. The Morgan fingerprint density at radius 1 is 0.672 bits per heavy atom. The van der Waals surface area contributed by atoms with Crippen molar-refractivity contribution < 1.29 is 68.1 Å². The molecule has 0 radical (unpaired) electrons. The average molecular weight is 898 g/mol. The van der Waals surface area contributed by atoms with Crippen molar-refractivity contribution in [1.82, 2.24) is 47.1 Å². The SMILES string of the molecule is CC(C)[C@@H]1NC(=O)[C@H](CCC(=O)O)NC(=O)CNC(=O)[C@H](Cc2c[nH]c3ccccc23)NC(=O)[C@H](CCC(=O)O)NC(=O)[C@H](C)NC(=O)[C@H](CCC(=O)O)NC(=O)[C@@H]2CCCN2C1=O. The topological polar surface area (TPSA) is 352 Å². The number of fused-ring (bicyclic) bond motifs is 2. The fraction of sp³-hybridized carbons (Fsp3) is 0.537. The fourth-order valence-corrected chi connectivity index (χ4v) is 7.34. The quantitative estimate of drug-likeness (QED) is 0.110. The fourth-order valence-electron chi connectivity index (χ4n) is 7.34. The maximum Gasteiger partial charge on any atom is 0.303 e. The van der Waals surface area contributed by atoms with Gasteiger partial charge in [0.1, 0.15) is 42.3 Å². The second kappa shape index (κ2) is 22.9. The van der Waals surface area contributed by atoms with Crippen LogP contribution in [0.4, 0.5) is 0 Å². The van der Waals surface area contributed by atoms with Crippen LogP contribution in [0, 0.1) is 5.92 Å². The molecule has 0 unspecified atom stereocenters. The van der Waals surface area contributed by atoms with Crippen molar-refractivity contribution in [2.24, 2.45) is 5.92 Å². The summed E-state index contributed by atoms with van der Waals surface area (Å²) < 4.78 is 0. The Balaban J connectivity index is 1.73. The highest BCUT2D eigenvalue weighted by Gasteiger charge is 2.41. The number of benzene rings is 1. The van der Waals surface area contributed by atoms with E-state index in [1.807, 2.05) is 0 Å². The lowest BCUT2D eigenvalue weighted by Crippen LogP contribution is -2.60. The lowest BCUT2D eigenvalue weighted by molar-refractivity contribution is -0.144. The Labute approximate surface area is 366 Å². The van der Waals surface area contributed by atoms with E-state index >= 15 is 0 Å². The molecule has 64 heavy (non-hydrogen) atoms. The number of amides is 8. The lowest BCUT2D eigenvalue weighted by Gasteiger charge is -2.32. The van der Waals surface area contributed by atoms with Crippen molar-refractivity contribution in [3.8, 4) is 0 Å². The first kappa shape index (κ1) is 49.6. The molecule has 23 heteroatoms. The van der Waals surface area contributed by atoms with Crippen molar-refractivity contribution in [3.05, 3.63) is 36.0 Å². The zero-order chi connectivity index (χ0) is 47.2. The van der Waals surface area contributed by atoms with E-state index < -0.39 is 158 Å². The van der Waals surface area contributed by atoms with Crippen molar-refractivity contribution in [3.63, 3.8) is 0 Å². The van der Waals surface area contributed by atoms with Crippen LogP contribution in [0.15, 0.2) is 30.5 Å². The molecule has 0 aliphatic carbocycles. The number of para-hydroxylation sites is 1. The van der Waals surface area contributed by atoms with Gasteiger partial charge in [-0.05, 0) is 56.6 Å². The first-order valence-corrected chi connectivity index (χ1v) is 20.8. The molecule has 4 rings (SSSR count). The highest BCUT2D eigenvalue weighted by Crippen LogP contribution is 2.22.